The Hall–Kier alpha value is -2.74. The zero-order valence-corrected chi connectivity index (χ0v) is 17.6. The molecule has 0 unspecified atom stereocenters. The molecule has 3 amide bonds. The van der Waals surface area contributed by atoms with E-state index in [2.05, 4.69) is 10.6 Å². The number of rotatable bonds is 4. The predicted molar refractivity (Wildman–Crippen MR) is 111 cm³/mol. The molecule has 3 fully saturated rings. The van der Waals surface area contributed by atoms with E-state index in [-0.39, 0.29) is 48.1 Å². The molecule has 0 spiro atoms. The molecule has 4 atom stereocenters. The van der Waals surface area contributed by atoms with Crippen LogP contribution in [0.2, 0.25) is 0 Å². The van der Waals surface area contributed by atoms with Crippen molar-refractivity contribution in [2.75, 3.05) is 18.5 Å². The largest absolute Gasteiger partial charge is 0.367 e. The molecular formula is C23H27N3O5. The van der Waals surface area contributed by atoms with E-state index in [1.807, 2.05) is 6.92 Å². The maximum absolute atomic E-state index is 13.6. The molecule has 1 saturated carbocycles. The number of benzene rings is 1. The number of nitrogens with zero attached hydrogens (tertiary/aromatic N) is 1. The zero-order valence-electron chi connectivity index (χ0n) is 17.6. The Morgan fingerprint density at radius 1 is 1.23 bits per heavy atom. The van der Waals surface area contributed by atoms with Crippen molar-refractivity contribution in [3.63, 3.8) is 0 Å². The molecular weight excluding hydrogens is 398 g/mol. The Morgan fingerprint density at radius 3 is 2.77 bits per heavy atom. The molecule has 2 saturated heterocycles. The summed E-state index contributed by atoms with van der Waals surface area (Å²) in [6.45, 7) is 2.50. The fraction of sp³-hybridized carbons (Fsp3) is 0.565. The summed E-state index contributed by atoms with van der Waals surface area (Å²) < 4.78 is 5.62. The van der Waals surface area contributed by atoms with Crippen LogP contribution in [0, 0.1) is 11.8 Å². The van der Waals surface area contributed by atoms with Crippen molar-refractivity contribution in [3.8, 4) is 0 Å². The van der Waals surface area contributed by atoms with Gasteiger partial charge < -0.3 is 20.3 Å². The lowest BCUT2D eigenvalue weighted by atomic mass is 9.95. The van der Waals surface area contributed by atoms with Crippen LogP contribution in [-0.4, -0.2) is 59.7 Å². The average Bonchev–Trinajstić information content (AvgIpc) is 3.51. The number of hydrogen-bond donors (Lipinski definition) is 2. The van der Waals surface area contributed by atoms with E-state index in [1.54, 1.807) is 23.1 Å². The van der Waals surface area contributed by atoms with E-state index in [0.717, 1.165) is 31.2 Å². The average molecular weight is 425 g/mol. The van der Waals surface area contributed by atoms with Gasteiger partial charge in [-0.05, 0) is 36.5 Å². The molecule has 1 aliphatic carbocycles. The fourth-order valence-corrected chi connectivity index (χ4v) is 5.55. The smallest absolute Gasteiger partial charge is 0.252 e. The SMILES string of the molecule is C[C@@H]1CN(C(=O)[C@@H](NC(=O)c2ccc3c(c2)NC(=O)C3)C2CCCC2)[C@@H]2C(=O)CO[C@H]12. The lowest BCUT2D eigenvalue weighted by molar-refractivity contribution is -0.139. The van der Waals surface area contributed by atoms with Gasteiger partial charge in [0.1, 0.15) is 18.7 Å². The molecule has 31 heavy (non-hydrogen) atoms. The second-order valence-corrected chi connectivity index (χ2v) is 9.25. The standard InChI is InChI=1S/C23H27N3O5/c1-12-10-26(20-17(27)11-31-21(12)20)23(30)19(13-4-2-3-5-13)25-22(29)15-7-6-14-9-18(28)24-16(14)8-15/h6-8,12-13,19-21H,2-5,9-11H2,1H3,(H,24,28)(H,25,29)/t12-,19+,20-,21-/m1/s1. The first kappa shape index (κ1) is 20.2. The van der Waals surface area contributed by atoms with Crippen LogP contribution in [0.15, 0.2) is 18.2 Å². The molecule has 8 nitrogen and oxygen atoms in total. The maximum atomic E-state index is 13.6. The topological polar surface area (TPSA) is 105 Å². The van der Waals surface area contributed by atoms with E-state index in [0.29, 0.717) is 24.2 Å². The van der Waals surface area contributed by atoms with Gasteiger partial charge in [0, 0.05) is 23.7 Å². The van der Waals surface area contributed by atoms with Gasteiger partial charge in [0.2, 0.25) is 11.8 Å². The quantitative estimate of drug-likeness (QED) is 0.756. The molecule has 8 heteroatoms. The van der Waals surface area contributed by atoms with Crippen molar-refractivity contribution >= 4 is 29.2 Å². The number of amides is 3. The van der Waals surface area contributed by atoms with Crippen LogP contribution in [0.3, 0.4) is 0 Å². The number of likely N-dealkylation sites (tertiary alicyclic amines) is 1. The Bertz CT molecular complexity index is 955. The van der Waals surface area contributed by atoms with Crippen molar-refractivity contribution in [3.05, 3.63) is 29.3 Å². The summed E-state index contributed by atoms with van der Waals surface area (Å²) in [7, 11) is 0. The third kappa shape index (κ3) is 3.52. The normalized spacial score (nSPS) is 28.4. The highest BCUT2D eigenvalue weighted by molar-refractivity contribution is 6.03. The summed E-state index contributed by atoms with van der Waals surface area (Å²) >= 11 is 0. The summed E-state index contributed by atoms with van der Waals surface area (Å²) in [5.74, 6) is -0.542. The van der Waals surface area contributed by atoms with Crippen LogP contribution >= 0.6 is 0 Å². The fourth-order valence-electron chi connectivity index (χ4n) is 5.55. The number of Topliss-reactive ketones (excluding diaryl/α,β-unsaturated/α-hetero) is 1. The molecule has 4 aliphatic rings. The Labute approximate surface area is 180 Å². The minimum Gasteiger partial charge on any atom is -0.367 e. The van der Waals surface area contributed by atoms with Gasteiger partial charge in [-0.15, -0.1) is 0 Å². The van der Waals surface area contributed by atoms with Crippen LogP contribution in [0.4, 0.5) is 5.69 Å². The number of anilines is 1. The molecule has 0 bridgehead atoms. The number of carbonyl (C=O) groups excluding carboxylic acids is 4. The van der Waals surface area contributed by atoms with Crippen LogP contribution in [0.25, 0.3) is 0 Å². The van der Waals surface area contributed by atoms with Gasteiger partial charge in [-0.25, -0.2) is 0 Å². The summed E-state index contributed by atoms with van der Waals surface area (Å²) in [6, 6.07) is 3.91. The third-order valence-corrected chi connectivity index (χ3v) is 7.14. The lowest BCUT2D eigenvalue weighted by Gasteiger charge is -2.30. The van der Waals surface area contributed by atoms with Gasteiger partial charge >= 0.3 is 0 Å². The van der Waals surface area contributed by atoms with Crippen LogP contribution in [0.5, 0.6) is 0 Å². The number of ether oxygens (including phenoxy) is 1. The first-order chi connectivity index (χ1) is 14.9. The second kappa shape index (κ2) is 7.75. The summed E-state index contributed by atoms with van der Waals surface area (Å²) in [6.07, 6.45) is 3.86. The van der Waals surface area contributed by atoms with E-state index >= 15 is 0 Å². The molecule has 1 aromatic carbocycles. The highest BCUT2D eigenvalue weighted by Crippen LogP contribution is 2.35. The van der Waals surface area contributed by atoms with Gasteiger partial charge in [-0.1, -0.05) is 25.8 Å². The minimum absolute atomic E-state index is 0.0464. The maximum Gasteiger partial charge on any atom is 0.252 e. The number of carbonyl (C=O) groups is 4. The van der Waals surface area contributed by atoms with E-state index < -0.39 is 12.1 Å². The van der Waals surface area contributed by atoms with Gasteiger partial charge in [-0.3, -0.25) is 19.2 Å². The molecule has 5 rings (SSSR count). The highest BCUT2D eigenvalue weighted by Gasteiger charge is 2.52. The highest BCUT2D eigenvalue weighted by atomic mass is 16.5. The monoisotopic (exact) mass is 425 g/mol. The van der Waals surface area contributed by atoms with Crippen LogP contribution < -0.4 is 10.6 Å². The van der Waals surface area contributed by atoms with E-state index in [1.165, 1.54) is 0 Å². The van der Waals surface area contributed by atoms with Crippen molar-refractivity contribution in [2.24, 2.45) is 11.8 Å². The molecule has 3 heterocycles. The number of ketones is 1. The van der Waals surface area contributed by atoms with Crippen LogP contribution in [0.1, 0.15) is 48.5 Å². The van der Waals surface area contributed by atoms with Gasteiger partial charge in [0.25, 0.3) is 5.91 Å². The number of hydrogen-bond acceptors (Lipinski definition) is 5. The van der Waals surface area contributed by atoms with Crippen molar-refractivity contribution in [1.29, 1.82) is 0 Å². The minimum atomic E-state index is -0.669. The first-order valence-corrected chi connectivity index (χ1v) is 11.1. The van der Waals surface area contributed by atoms with Crippen LogP contribution in [-0.2, 0) is 25.5 Å². The van der Waals surface area contributed by atoms with E-state index in [4.69, 9.17) is 4.74 Å². The number of nitrogens with one attached hydrogen (secondary N) is 2. The third-order valence-electron chi connectivity index (χ3n) is 7.14. The van der Waals surface area contributed by atoms with Gasteiger partial charge in [0.15, 0.2) is 5.78 Å². The number of fused-ring (bicyclic) bond motifs is 2. The summed E-state index contributed by atoms with van der Waals surface area (Å²) in [5.41, 5.74) is 1.91. The first-order valence-electron chi connectivity index (χ1n) is 11.1. The Balaban J connectivity index is 1.38. The molecule has 3 aliphatic heterocycles. The van der Waals surface area contributed by atoms with Gasteiger partial charge in [-0.2, -0.15) is 0 Å². The zero-order chi connectivity index (χ0) is 21.7. The predicted octanol–water partition coefficient (Wildman–Crippen LogP) is 1.28. The summed E-state index contributed by atoms with van der Waals surface area (Å²) in [5, 5.41) is 5.73. The van der Waals surface area contributed by atoms with Crippen molar-refractivity contribution in [2.45, 2.75) is 57.2 Å². The second-order valence-electron chi connectivity index (χ2n) is 9.25. The van der Waals surface area contributed by atoms with Gasteiger partial charge in [0.05, 0.1) is 12.5 Å². The summed E-state index contributed by atoms with van der Waals surface area (Å²) in [4.78, 5) is 52.3. The molecule has 0 radical (unpaired) electrons. The molecule has 1 aromatic rings. The Kier molecular flexibility index (Phi) is 5.04. The molecule has 0 aromatic heterocycles. The Morgan fingerprint density at radius 2 is 2.00 bits per heavy atom. The molecule has 164 valence electrons. The van der Waals surface area contributed by atoms with E-state index in [9.17, 15) is 19.2 Å². The van der Waals surface area contributed by atoms with Crippen molar-refractivity contribution in [1.82, 2.24) is 10.2 Å². The van der Waals surface area contributed by atoms with Crippen molar-refractivity contribution < 1.29 is 23.9 Å². The molecule has 2 N–H and O–H groups in total. The lowest BCUT2D eigenvalue weighted by Crippen LogP contribution is -2.54.